The fourth-order valence-corrected chi connectivity index (χ4v) is 3.53. The van der Waals surface area contributed by atoms with E-state index in [-0.39, 0.29) is 22.6 Å². The molecule has 0 radical (unpaired) electrons. The summed E-state index contributed by atoms with van der Waals surface area (Å²) < 4.78 is 0. The van der Waals surface area contributed by atoms with E-state index in [0.717, 1.165) is 24.2 Å². The van der Waals surface area contributed by atoms with Gasteiger partial charge in [0.05, 0.1) is 17.0 Å². The van der Waals surface area contributed by atoms with Crippen molar-refractivity contribution in [3.8, 4) is 0 Å². The van der Waals surface area contributed by atoms with Crippen molar-refractivity contribution in [1.82, 2.24) is 10.2 Å². The standard InChI is InChI=1S/C18H20N2O5/c1-20-16(22)11-8-7-10(9-13(11)17(20)23)15(21)19-14-6-4-2-3-5-12(14)18(24)25/h7-9,12,14H,2-6H2,1H3,(H,19,21)(H,24,25)/t12-,14+/m1/s1. The minimum atomic E-state index is -0.899. The first-order valence-electron chi connectivity index (χ1n) is 8.40. The van der Waals surface area contributed by atoms with E-state index in [9.17, 15) is 24.3 Å². The molecule has 1 saturated carbocycles. The number of benzene rings is 1. The molecule has 3 rings (SSSR count). The van der Waals surface area contributed by atoms with Gasteiger partial charge in [0, 0.05) is 18.7 Å². The molecule has 1 aliphatic heterocycles. The maximum absolute atomic E-state index is 12.5. The third-order valence-electron chi connectivity index (χ3n) is 5.00. The van der Waals surface area contributed by atoms with Crippen molar-refractivity contribution in [2.24, 2.45) is 5.92 Å². The number of carboxylic acids is 1. The molecule has 3 amide bonds. The zero-order chi connectivity index (χ0) is 18.1. The Morgan fingerprint density at radius 3 is 2.48 bits per heavy atom. The predicted molar refractivity (Wildman–Crippen MR) is 88.3 cm³/mol. The maximum Gasteiger partial charge on any atom is 0.308 e. The Morgan fingerprint density at radius 1 is 1.08 bits per heavy atom. The quantitative estimate of drug-likeness (QED) is 0.641. The first-order chi connectivity index (χ1) is 11.9. The van der Waals surface area contributed by atoms with Gasteiger partial charge in [-0.1, -0.05) is 19.3 Å². The van der Waals surface area contributed by atoms with Crippen LogP contribution in [0.3, 0.4) is 0 Å². The number of fused-ring (bicyclic) bond motifs is 1. The fraction of sp³-hybridized carbons (Fsp3) is 0.444. The van der Waals surface area contributed by atoms with Gasteiger partial charge < -0.3 is 10.4 Å². The van der Waals surface area contributed by atoms with Gasteiger partial charge in [0.25, 0.3) is 17.7 Å². The second-order valence-electron chi connectivity index (χ2n) is 6.59. The molecule has 0 bridgehead atoms. The van der Waals surface area contributed by atoms with Gasteiger partial charge in [0.1, 0.15) is 0 Å². The maximum atomic E-state index is 12.5. The summed E-state index contributed by atoms with van der Waals surface area (Å²) in [7, 11) is 1.40. The summed E-state index contributed by atoms with van der Waals surface area (Å²) in [6.07, 6.45) is 3.83. The number of nitrogens with one attached hydrogen (secondary N) is 1. The van der Waals surface area contributed by atoms with Crippen molar-refractivity contribution >= 4 is 23.7 Å². The lowest BCUT2D eigenvalue weighted by Gasteiger charge is -2.23. The minimum Gasteiger partial charge on any atom is -0.481 e. The molecule has 7 nitrogen and oxygen atoms in total. The summed E-state index contributed by atoms with van der Waals surface area (Å²) in [5, 5.41) is 12.2. The predicted octanol–water partition coefficient (Wildman–Crippen LogP) is 1.68. The van der Waals surface area contributed by atoms with Crippen LogP contribution in [0.1, 0.15) is 63.2 Å². The highest BCUT2D eigenvalue weighted by atomic mass is 16.4. The zero-order valence-corrected chi connectivity index (χ0v) is 13.9. The molecule has 0 saturated heterocycles. The Bertz CT molecular complexity index is 758. The van der Waals surface area contributed by atoms with Crippen molar-refractivity contribution in [2.75, 3.05) is 7.05 Å². The number of rotatable bonds is 3. The Hall–Kier alpha value is -2.70. The highest BCUT2D eigenvalue weighted by Crippen LogP contribution is 2.25. The normalized spacial score (nSPS) is 23.2. The van der Waals surface area contributed by atoms with Gasteiger partial charge in [0.15, 0.2) is 0 Å². The molecule has 2 aliphatic rings. The average molecular weight is 344 g/mol. The molecular formula is C18H20N2O5. The number of carbonyl (C=O) groups excluding carboxylic acids is 3. The molecule has 0 aromatic heterocycles. The van der Waals surface area contributed by atoms with E-state index in [0.29, 0.717) is 12.8 Å². The molecule has 132 valence electrons. The van der Waals surface area contributed by atoms with Gasteiger partial charge in [-0.05, 0) is 31.0 Å². The molecule has 2 N–H and O–H groups in total. The number of aliphatic carboxylic acids is 1. The minimum absolute atomic E-state index is 0.204. The largest absolute Gasteiger partial charge is 0.481 e. The van der Waals surface area contributed by atoms with Crippen LogP contribution in [-0.4, -0.2) is 46.8 Å². The van der Waals surface area contributed by atoms with Crippen LogP contribution in [0, 0.1) is 5.92 Å². The van der Waals surface area contributed by atoms with Gasteiger partial charge >= 0.3 is 5.97 Å². The molecule has 7 heteroatoms. The molecule has 1 aliphatic carbocycles. The van der Waals surface area contributed by atoms with Gasteiger partial charge in [-0.3, -0.25) is 24.1 Å². The number of nitrogens with zero attached hydrogens (tertiary/aromatic N) is 1. The molecule has 1 heterocycles. The van der Waals surface area contributed by atoms with Crippen molar-refractivity contribution in [3.05, 3.63) is 34.9 Å². The van der Waals surface area contributed by atoms with E-state index in [2.05, 4.69) is 5.32 Å². The van der Waals surface area contributed by atoms with Crippen LogP contribution in [-0.2, 0) is 4.79 Å². The van der Waals surface area contributed by atoms with Crippen molar-refractivity contribution in [3.63, 3.8) is 0 Å². The van der Waals surface area contributed by atoms with E-state index in [1.807, 2.05) is 0 Å². The second kappa shape index (κ2) is 6.66. The van der Waals surface area contributed by atoms with Crippen molar-refractivity contribution in [1.29, 1.82) is 0 Å². The average Bonchev–Trinajstić information content (AvgIpc) is 2.77. The first kappa shape index (κ1) is 17.1. The number of carboxylic acid groups (broad SMARTS) is 1. The molecule has 25 heavy (non-hydrogen) atoms. The lowest BCUT2D eigenvalue weighted by molar-refractivity contribution is -0.142. The van der Waals surface area contributed by atoms with Crippen LogP contribution >= 0.6 is 0 Å². The summed E-state index contributed by atoms with van der Waals surface area (Å²) in [6.45, 7) is 0. The number of amides is 3. The topological polar surface area (TPSA) is 104 Å². The Morgan fingerprint density at radius 2 is 1.76 bits per heavy atom. The van der Waals surface area contributed by atoms with Crippen molar-refractivity contribution in [2.45, 2.75) is 38.1 Å². The monoisotopic (exact) mass is 344 g/mol. The number of imide groups is 1. The SMILES string of the molecule is CN1C(=O)c2ccc(C(=O)N[C@H]3CCCCC[C@H]3C(=O)O)cc2C1=O. The van der Waals surface area contributed by atoms with Crippen LogP contribution in [0.25, 0.3) is 0 Å². The van der Waals surface area contributed by atoms with E-state index < -0.39 is 29.7 Å². The Labute approximate surface area is 145 Å². The molecule has 1 aromatic carbocycles. The summed E-state index contributed by atoms with van der Waals surface area (Å²) in [6, 6.07) is 3.93. The third kappa shape index (κ3) is 3.14. The van der Waals surface area contributed by atoms with Gasteiger partial charge in [0.2, 0.25) is 0 Å². The van der Waals surface area contributed by atoms with Crippen LogP contribution in [0.2, 0.25) is 0 Å². The highest BCUT2D eigenvalue weighted by molar-refractivity contribution is 6.21. The van der Waals surface area contributed by atoms with Crippen LogP contribution in [0.4, 0.5) is 0 Å². The Kier molecular flexibility index (Phi) is 4.57. The van der Waals surface area contributed by atoms with Gasteiger partial charge in [-0.2, -0.15) is 0 Å². The molecule has 2 atom stereocenters. The lowest BCUT2D eigenvalue weighted by atomic mass is 9.94. The van der Waals surface area contributed by atoms with Crippen LogP contribution in [0.15, 0.2) is 18.2 Å². The van der Waals surface area contributed by atoms with E-state index in [1.165, 1.54) is 25.2 Å². The summed E-state index contributed by atoms with van der Waals surface area (Å²) >= 11 is 0. The van der Waals surface area contributed by atoms with Crippen molar-refractivity contribution < 1.29 is 24.3 Å². The van der Waals surface area contributed by atoms with E-state index in [4.69, 9.17) is 0 Å². The van der Waals surface area contributed by atoms with Gasteiger partial charge in [-0.25, -0.2) is 0 Å². The molecule has 1 aromatic rings. The number of hydrogen-bond donors (Lipinski definition) is 2. The first-order valence-corrected chi connectivity index (χ1v) is 8.40. The highest BCUT2D eigenvalue weighted by Gasteiger charge is 2.34. The molecule has 0 unspecified atom stereocenters. The van der Waals surface area contributed by atoms with Crippen LogP contribution < -0.4 is 5.32 Å². The third-order valence-corrected chi connectivity index (χ3v) is 5.00. The molecular weight excluding hydrogens is 324 g/mol. The molecule has 0 spiro atoms. The van der Waals surface area contributed by atoms with E-state index >= 15 is 0 Å². The zero-order valence-electron chi connectivity index (χ0n) is 13.9. The summed E-state index contributed by atoms with van der Waals surface area (Å²) in [4.78, 5) is 49.0. The second-order valence-corrected chi connectivity index (χ2v) is 6.59. The van der Waals surface area contributed by atoms with Crippen LogP contribution in [0.5, 0.6) is 0 Å². The molecule has 1 fully saturated rings. The fourth-order valence-electron chi connectivity index (χ4n) is 3.53. The Balaban J connectivity index is 1.81. The summed E-state index contributed by atoms with van der Waals surface area (Å²) in [5.41, 5.74) is 0.737. The van der Waals surface area contributed by atoms with E-state index in [1.54, 1.807) is 0 Å². The smallest absolute Gasteiger partial charge is 0.308 e. The lowest BCUT2D eigenvalue weighted by Crippen LogP contribution is -2.42. The summed E-state index contributed by atoms with van der Waals surface area (Å²) in [5.74, 6) is -2.75. The number of hydrogen-bond acceptors (Lipinski definition) is 4. The number of carbonyl (C=O) groups is 4. The van der Waals surface area contributed by atoms with Gasteiger partial charge in [-0.15, -0.1) is 0 Å².